The highest BCUT2D eigenvalue weighted by molar-refractivity contribution is 9.10. The van der Waals surface area contributed by atoms with Crippen molar-refractivity contribution in [3.63, 3.8) is 0 Å². The van der Waals surface area contributed by atoms with Gasteiger partial charge in [-0.25, -0.2) is 4.79 Å². The Kier molecular flexibility index (Phi) is 7.58. The van der Waals surface area contributed by atoms with Crippen molar-refractivity contribution in [2.45, 2.75) is 44.8 Å². The molecule has 1 heterocycles. The molecule has 1 saturated heterocycles. The van der Waals surface area contributed by atoms with Crippen LogP contribution in [0.15, 0.2) is 46.4 Å². The molecule has 1 aliphatic heterocycles. The number of halogens is 2. The van der Waals surface area contributed by atoms with Crippen LogP contribution in [0.2, 0.25) is 5.02 Å². The van der Waals surface area contributed by atoms with Crippen LogP contribution >= 0.6 is 27.5 Å². The summed E-state index contributed by atoms with van der Waals surface area (Å²) in [5, 5.41) is 2.90. The predicted molar refractivity (Wildman–Crippen MR) is 132 cm³/mol. The lowest BCUT2D eigenvalue weighted by Gasteiger charge is -2.35. The average molecular weight is 548 g/mol. The third-order valence-electron chi connectivity index (χ3n) is 6.00. The van der Waals surface area contributed by atoms with Crippen molar-refractivity contribution < 1.29 is 23.9 Å². The van der Waals surface area contributed by atoms with Crippen LogP contribution in [0.25, 0.3) is 6.08 Å². The maximum absolute atomic E-state index is 13.2. The monoisotopic (exact) mass is 546 g/mol. The SMILES string of the molecule is COc1cc(C=C2C(=O)NC(=O)N(C3CCCCC3)C2=O)c(Br)cc1OCc1ccccc1Cl. The van der Waals surface area contributed by atoms with Crippen molar-refractivity contribution >= 4 is 51.5 Å². The Balaban J connectivity index is 1.61. The Morgan fingerprint density at radius 3 is 2.56 bits per heavy atom. The first kappa shape index (κ1) is 24.3. The normalized spacial score (nSPS) is 18.3. The summed E-state index contributed by atoms with van der Waals surface area (Å²) in [6.45, 7) is 0.238. The van der Waals surface area contributed by atoms with Gasteiger partial charge in [0.25, 0.3) is 11.8 Å². The number of hydrogen-bond acceptors (Lipinski definition) is 5. The fourth-order valence-corrected chi connectivity index (χ4v) is 4.83. The second-order valence-electron chi connectivity index (χ2n) is 8.19. The summed E-state index contributed by atoms with van der Waals surface area (Å²) in [4.78, 5) is 39.3. The van der Waals surface area contributed by atoms with Gasteiger partial charge in [-0.1, -0.05) is 65.0 Å². The molecular formula is C25H24BrClN2O5. The van der Waals surface area contributed by atoms with Gasteiger partial charge in [0.1, 0.15) is 12.2 Å². The molecular weight excluding hydrogens is 524 g/mol. The number of benzene rings is 2. The fourth-order valence-electron chi connectivity index (χ4n) is 4.20. The minimum Gasteiger partial charge on any atom is -0.493 e. The first-order chi connectivity index (χ1) is 16.4. The predicted octanol–water partition coefficient (Wildman–Crippen LogP) is 5.48. The summed E-state index contributed by atoms with van der Waals surface area (Å²) in [5.41, 5.74) is 1.27. The third kappa shape index (κ3) is 5.13. The van der Waals surface area contributed by atoms with Crippen molar-refractivity contribution in [1.82, 2.24) is 10.2 Å². The summed E-state index contributed by atoms with van der Waals surface area (Å²) >= 11 is 9.70. The zero-order valence-electron chi connectivity index (χ0n) is 18.6. The van der Waals surface area contributed by atoms with E-state index in [1.807, 2.05) is 18.2 Å². The van der Waals surface area contributed by atoms with Crippen LogP contribution in [0.1, 0.15) is 43.2 Å². The first-order valence-corrected chi connectivity index (χ1v) is 12.2. The number of nitrogens with one attached hydrogen (secondary N) is 1. The maximum Gasteiger partial charge on any atom is 0.331 e. The highest BCUT2D eigenvalue weighted by atomic mass is 79.9. The van der Waals surface area contributed by atoms with Gasteiger partial charge in [0, 0.05) is 21.1 Å². The average Bonchev–Trinajstić information content (AvgIpc) is 2.82. The topological polar surface area (TPSA) is 84.9 Å². The summed E-state index contributed by atoms with van der Waals surface area (Å²) < 4.78 is 12.0. The minimum atomic E-state index is -0.716. The fraction of sp³-hybridized carbons (Fsp3) is 0.320. The maximum atomic E-state index is 13.2. The van der Waals surface area contributed by atoms with E-state index >= 15 is 0 Å². The number of urea groups is 1. The van der Waals surface area contributed by atoms with Crippen LogP contribution in [-0.4, -0.2) is 35.9 Å². The molecule has 4 rings (SSSR count). The van der Waals surface area contributed by atoms with Gasteiger partial charge in [-0.3, -0.25) is 19.8 Å². The summed E-state index contributed by atoms with van der Waals surface area (Å²) in [6, 6.07) is 9.90. The Morgan fingerprint density at radius 2 is 1.85 bits per heavy atom. The number of nitrogens with zero attached hydrogens (tertiary/aromatic N) is 1. The number of methoxy groups -OCH3 is 1. The van der Waals surface area contributed by atoms with Gasteiger partial charge in [0.05, 0.1) is 7.11 Å². The Labute approximate surface area is 211 Å². The van der Waals surface area contributed by atoms with Gasteiger partial charge in [-0.2, -0.15) is 0 Å². The van der Waals surface area contributed by atoms with Crippen molar-refractivity contribution in [3.8, 4) is 11.5 Å². The summed E-state index contributed by atoms with van der Waals surface area (Å²) in [7, 11) is 1.50. The Bertz CT molecular complexity index is 1160. The van der Waals surface area contributed by atoms with E-state index in [4.69, 9.17) is 21.1 Å². The molecule has 0 unspecified atom stereocenters. The molecule has 1 saturated carbocycles. The van der Waals surface area contributed by atoms with Gasteiger partial charge >= 0.3 is 6.03 Å². The van der Waals surface area contributed by atoms with E-state index < -0.39 is 17.8 Å². The van der Waals surface area contributed by atoms with Crippen LogP contribution in [0.4, 0.5) is 4.79 Å². The Morgan fingerprint density at radius 1 is 1.12 bits per heavy atom. The number of barbiturate groups is 1. The molecule has 0 radical (unpaired) electrons. The van der Waals surface area contributed by atoms with Crippen LogP contribution in [0, 0.1) is 0 Å². The van der Waals surface area contributed by atoms with Gasteiger partial charge < -0.3 is 9.47 Å². The van der Waals surface area contributed by atoms with Crippen molar-refractivity contribution in [2.75, 3.05) is 7.11 Å². The molecule has 1 aliphatic carbocycles. The lowest BCUT2D eigenvalue weighted by Crippen LogP contribution is -2.58. The molecule has 2 aliphatic rings. The summed E-state index contributed by atoms with van der Waals surface area (Å²) in [6.07, 6.45) is 5.94. The van der Waals surface area contributed by atoms with Crippen molar-refractivity contribution in [3.05, 3.63) is 62.6 Å². The largest absolute Gasteiger partial charge is 0.493 e. The van der Waals surface area contributed by atoms with Gasteiger partial charge in [0.2, 0.25) is 0 Å². The van der Waals surface area contributed by atoms with E-state index in [0.29, 0.717) is 26.6 Å². The molecule has 2 aromatic rings. The second-order valence-corrected chi connectivity index (χ2v) is 9.45. The van der Waals surface area contributed by atoms with Gasteiger partial charge in [0.15, 0.2) is 11.5 Å². The number of hydrogen-bond donors (Lipinski definition) is 1. The van der Waals surface area contributed by atoms with Gasteiger partial charge in [-0.15, -0.1) is 0 Å². The second kappa shape index (κ2) is 10.6. The molecule has 0 aromatic heterocycles. The van der Waals surface area contributed by atoms with Crippen LogP contribution in [0.5, 0.6) is 11.5 Å². The molecule has 2 fully saturated rings. The molecule has 34 heavy (non-hydrogen) atoms. The van der Waals surface area contributed by atoms with E-state index in [9.17, 15) is 14.4 Å². The van der Waals surface area contributed by atoms with Crippen LogP contribution < -0.4 is 14.8 Å². The van der Waals surface area contributed by atoms with Crippen molar-refractivity contribution in [2.24, 2.45) is 0 Å². The molecule has 0 atom stereocenters. The van der Waals surface area contributed by atoms with E-state index in [-0.39, 0.29) is 18.2 Å². The number of imide groups is 2. The highest BCUT2D eigenvalue weighted by Gasteiger charge is 2.40. The molecule has 2 aromatic carbocycles. The van der Waals surface area contributed by atoms with Crippen molar-refractivity contribution in [1.29, 1.82) is 0 Å². The first-order valence-electron chi connectivity index (χ1n) is 11.0. The number of rotatable bonds is 6. The highest BCUT2D eigenvalue weighted by Crippen LogP contribution is 2.36. The Hall–Kier alpha value is -2.84. The van der Waals surface area contributed by atoms with Gasteiger partial charge in [-0.05, 0) is 42.7 Å². The van der Waals surface area contributed by atoms with Crippen LogP contribution in [-0.2, 0) is 16.2 Å². The molecule has 178 valence electrons. The lowest BCUT2D eigenvalue weighted by molar-refractivity contribution is -0.132. The molecule has 0 bridgehead atoms. The molecule has 9 heteroatoms. The summed E-state index contributed by atoms with van der Waals surface area (Å²) in [5.74, 6) is -0.404. The standard InChI is InChI=1S/C25H24BrClN2O5/c1-33-21-12-16(19(26)13-22(21)34-14-15-7-5-6-10-20(15)27)11-18-23(30)28-25(32)29(24(18)31)17-8-3-2-4-9-17/h5-7,10-13,17H,2-4,8-9,14H2,1H3,(H,28,30,32). The number of carbonyl (C=O) groups excluding carboxylic acids is 3. The van der Waals surface area contributed by atoms with Crippen LogP contribution in [0.3, 0.4) is 0 Å². The van der Waals surface area contributed by atoms with E-state index in [2.05, 4.69) is 21.2 Å². The minimum absolute atomic E-state index is 0.0994. The third-order valence-corrected chi connectivity index (χ3v) is 7.05. The molecule has 0 spiro atoms. The zero-order chi connectivity index (χ0) is 24.2. The smallest absolute Gasteiger partial charge is 0.331 e. The molecule has 7 nitrogen and oxygen atoms in total. The van der Waals surface area contributed by atoms with E-state index in [0.717, 1.165) is 37.7 Å². The van der Waals surface area contributed by atoms with E-state index in [1.165, 1.54) is 18.1 Å². The zero-order valence-corrected chi connectivity index (χ0v) is 20.9. The van der Waals surface area contributed by atoms with E-state index in [1.54, 1.807) is 18.2 Å². The molecule has 1 N–H and O–H groups in total. The number of carbonyl (C=O) groups is 3. The number of amides is 4. The quantitative estimate of drug-likeness (QED) is 0.382. The molecule has 4 amide bonds. The number of ether oxygens (including phenoxy) is 2. The lowest BCUT2D eigenvalue weighted by atomic mass is 9.93.